The van der Waals surface area contributed by atoms with Crippen molar-refractivity contribution in [3.05, 3.63) is 23.8 Å². The van der Waals surface area contributed by atoms with Crippen molar-refractivity contribution in [1.82, 2.24) is 0 Å². The summed E-state index contributed by atoms with van der Waals surface area (Å²) in [6, 6.07) is 6.51. The lowest BCUT2D eigenvalue weighted by molar-refractivity contribution is -0.931. The molecule has 0 spiro atoms. The molecule has 2 bridgehead atoms. The van der Waals surface area contributed by atoms with Gasteiger partial charge in [-0.25, -0.2) is 4.79 Å². The average molecular weight is 362 g/mol. The molecule has 3 atom stereocenters. The highest BCUT2D eigenvalue weighted by molar-refractivity contribution is 5.90. The van der Waals surface area contributed by atoms with Gasteiger partial charge in [0.05, 0.1) is 45.5 Å². The summed E-state index contributed by atoms with van der Waals surface area (Å²) in [5.41, 5.74) is 0.524. The highest BCUT2D eigenvalue weighted by Crippen LogP contribution is 2.40. The van der Waals surface area contributed by atoms with Crippen molar-refractivity contribution >= 4 is 5.97 Å². The third-order valence-electron chi connectivity index (χ3n) is 6.21. The molecule has 0 radical (unpaired) electrons. The van der Waals surface area contributed by atoms with Crippen molar-refractivity contribution in [2.45, 2.75) is 63.6 Å². The van der Waals surface area contributed by atoms with E-state index in [0.717, 1.165) is 30.2 Å². The van der Waals surface area contributed by atoms with Crippen molar-refractivity contribution in [3.63, 3.8) is 0 Å². The quantitative estimate of drug-likeness (QED) is 0.420. The normalized spacial score (nSPS) is 26.4. The van der Waals surface area contributed by atoms with Crippen molar-refractivity contribution < 1.29 is 23.5 Å². The molecule has 2 heterocycles. The summed E-state index contributed by atoms with van der Waals surface area (Å²) < 4.78 is 18.0. The van der Waals surface area contributed by atoms with Gasteiger partial charge < -0.3 is 18.7 Å². The number of ether oxygens (including phenoxy) is 3. The van der Waals surface area contributed by atoms with E-state index in [-0.39, 0.29) is 12.1 Å². The van der Waals surface area contributed by atoms with Crippen LogP contribution >= 0.6 is 0 Å². The Labute approximate surface area is 156 Å². The standard InChI is InChI=1S/C21H32NO4/c1-5-6-11-25-19-10-7-15(12-20(19)24-4)21(23)26-18-13-16-8-9-17(14-18)22(16,2)3/h7,10,12,16-18H,5-6,8-9,11,13-14H2,1-4H3/q+1/t16-,17+,18?. The van der Waals surface area contributed by atoms with Gasteiger partial charge in [0.1, 0.15) is 6.10 Å². The maximum absolute atomic E-state index is 12.6. The van der Waals surface area contributed by atoms with E-state index in [1.807, 2.05) is 0 Å². The maximum Gasteiger partial charge on any atom is 0.338 e. The third kappa shape index (κ3) is 3.83. The second-order valence-electron chi connectivity index (χ2n) is 8.08. The van der Waals surface area contributed by atoms with Crippen molar-refractivity contribution in [1.29, 1.82) is 0 Å². The molecule has 1 unspecified atom stereocenters. The summed E-state index contributed by atoms with van der Waals surface area (Å²) in [5, 5.41) is 0. The molecule has 1 aromatic rings. The molecular formula is C21H32NO4+. The first-order chi connectivity index (χ1) is 12.5. The lowest BCUT2D eigenvalue weighted by Gasteiger charge is -2.43. The number of hydrogen-bond donors (Lipinski definition) is 0. The summed E-state index contributed by atoms with van der Waals surface area (Å²) >= 11 is 0. The molecule has 5 nitrogen and oxygen atoms in total. The Kier molecular flexibility index (Phi) is 5.76. The van der Waals surface area contributed by atoms with E-state index in [1.165, 1.54) is 12.8 Å². The molecule has 0 aromatic heterocycles. The van der Waals surface area contributed by atoms with E-state index in [9.17, 15) is 4.79 Å². The first-order valence-corrected chi connectivity index (χ1v) is 9.80. The highest BCUT2D eigenvalue weighted by Gasteiger charge is 2.49. The van der Waals surface area contributed by atoms with Crippen LogP contribution in [0.2, 0.25) is 0 Å². The van der Waals surface area contributed by atoms with Gasteiger partial charge in [-0.1, -0.05) is 13.3 Å². The van der Waals surface area contributed by atoms with Crippen molar-refractivity contribution in [3.8, 4) is 11.5 Å². The number of esters is 1. The minimum atomic E-state index is -0.264. The van der Waals surface area contributed by atoms with Crippen LogP contribution in [0.1, 0.15) is 55.8 Å². The van der Waals surface area contributed by atoms with Crippen LogP contribution < -0.4 is 9.47 Å². The lowest BCUT2D eigenvalue weighted by atomic mass is 9.98. The molecule has 2 aliphatic rings. The highest BCUT2D eigenvalue weighted by atomic mass is 16.5. The number of carbonyl (C=O) groups is 1. The van der Waals surface area contributed by atoms with E-state index < -0.39 is 0 Å². The fraction of sp³-hybridized carbons (Fsp3) is 0.667. The molecule has 1 aromatic carbocycles. The molecule has 0 N–H and O–H groups in total. The Bertz CT molecular complexity index is 627. The fourth-order valence-electron chi connectivity index (χ4n) is 4.39. The molecule has 26 heavy (non-hydrogen) atoms. The van der Waals surface area contributed by atoms with Gasteiger partial charge in [-0.05, 0) is 24.6 Å². The number of methoxy groups -OCH3 is 1. The van der Waals surface area contributed by atoms with Crippen LogP contribution in [0.25, 0.3) is 0 Å². The SMILES string of the molecule is CCCCOc1ccc(C(=O)OC2C[C@H]3CC[C@@H](C2)[N+]3(C)C)cc1OC. The van der Waals surface area contributed by atoms with Crippen LogP contribution in [0.5, 0.6) is 11.5 Å². The average Bonchev–Trinajstić information content (AvgIpc) is 2.79. The molecular weight excluding hydrogens is 330 g/mol. The van der Waals surface area contributed by atoms with E-state index in [1.54, 1.807) is 25.3 Å². The minimum Gasteiger partial charge on any atom is -0.493 e. The summed E-state index contributed by atoms with van der Waals surface area (Å²) in [4.78, 5) is 12.6. The molecule has 2 aliphatic heterocycles. The summed E-state index contributed by atoms with van der Waals surface area (Å²) in [6.07, 6.45) is 6.50. The first-order valence-electron chi connectivity index (χ1n) is 9.80. The van der Waals surface area contributed by atoms with Gasteiger partial charge in [-0.2, -0.15) is 0 Å². The fourth-order valence-corrected chi connectivity index (χ4v) is 4.39. The Morgan fingerprint density at radius 2 is 1.85 bits per heavy atom. The topological polar surface area (TPSA) is 44.8 Å². The summed E-state index contributed by atoms with van der Waals surface area (Å²) in [5.74, 6) is 0.990. The van der Waals surface area contributed by atoms with Crippen LogP contribution in [0.4, 0.5) is 0 Å². The number of piperidine rings is 1. The van der Waals surface area contributed by atoms with Crippen LogP contribution in [-0.2, 0) is 4.74 Å². The van der Waals surface area contributed by atoms with Crippen LogP contribution in [0.15, 0.2) is 18.2 Å². The van der Waals surface area contributed by atoms with Gasteiger partial charge >= 0.3 is 5.97 Å². The minimum absolute atomic E-state index is 0.0256. The Balaban J connectivity index is 1.63. The molecule has 5 heteroatoms. The Morgan fingerprint density at radius 1 is 1.15 bits per heavy atom. The van der Waals surface area contributed by atoms with Crippen molar-refractivity contribution in [2.75, 3.05) is 27.8 Å². The second-order valence-corrected chi connectivity index (χ2v) is 8.08. The van der Waals surface area contributed by atoms with Gasteiger partial charge in [-0.15, -0.1) is 0 Å². The van der Waals surface area contributed by atoms with Gasteiger partial charge in [-0.3, -0.25) is 0 Å². The predicted molar refractivity (Wildman–Crippen MR) is 101 cm³/mol. The molecule has 2 fully saturated rings. The number of unbranched alkanes of at least 4 members (excludes halogenated alkanes) is 1. The van der Waals surface area contributed by atoms with Crippen LogP contribution in [0.3, 0.4) is 0 Å². The number of benzene rings is 1. The molecule has 0 aliphatic carbocycles. The van der Waals surface area contributed by atoms with Gasteiger partial charge in [0.2, 0.25) is 0 Å². The zero-order valence-electron chi connectivity index (χ0n) is 16.5. The third-order valence-corrected chi connectivity index (χ3v) is 6.21. The monoisotopic (exact) mass is 362 g/mol. The number of fused-ring (bicyclic) bond motifs is 2. The maximum atomic E-state index is 12.6. The number of quaternary nitrogens is 1. The van der Waals surface area contributed by atoms with Crippen LogP contribution in [-0.4, -0.2) is 56.5 Å². The smallest absolute Gasteiger partial charge is 0.338 e. The molecule has 3 rings (SSSR count). The van der Waals surface area contributed by atoms with Gasteiger partial charge in [0.15, 0.2) is 11.5 Å². The Hall–Kier alpha value is -1.75. The van der Waals surface area contributed by atoms with E-state index in [4.69, 9.17) is 14.2 Å². The molecule has 2 saturated heterocycles. The molecule has 0 saturated carbocycles. The van der Waals surface area contributed by atoms with E-state index >= 15 is 0 Å². The van der Waals surface area contributed by atoms with E-state index in [2.05, 4.69) is 21.0 Å². The van der Waals surface area contributed by atoms with E-state index in [0.29, 0.717) is 35.8 Å². The molecule has 144 valence electrons. The van der Waals surface area contributed by atoms with Crippen molar-refractivity contribution in [2.24, 2.45) is 0 Å². The van der Waals surface area contributed by atoms with Gasteiger partial charge in [0, 0.05) is 25.7 Å². The zero-order chi connectivity index (χ0) is 18.7. The molecule has 0 amide bonds. The zero-order valence-corrected chi connectivity index (χ0v) is 16.5. The number of carbonyl (C=O) groups excluding carboxylic acids is 1. The predicted octanol–water partition coefficient (Wildman–Crippen LogP) is 3.80. The summed E-state index contributed by atoms with van der Waals surface area (Å²) in [6.45, 7) is 2.77. The number of nitrogens with zero attached hydrogens (tertiary/aromatic N) is 1. The number of hydrogen-bond acceptors (Lipinski definition) is 4. The van der Waals surface area contributed by atoms with Crippen LogP contribution in [0, 0.1) is 0 Å². The second kappa shape index (κ2) is 7.87. The summed E-state index contributed by atoms with van der Waals surface area (Å²) in [7, 11) is 6.21. The number of rotatable bonds is 7. The van der Waals surface area contributed by atoms with Gasteiger partial charge in [0.25, 0.3) is 0 Å². The first kappa shape index (κ1) is 19.0. The Morgan fingerprint density at radius 3 is 2.46 bits per heavy atom. The lowest BCUT2D eigenvalue weighted by Crippen LogP contribution is -2.56. The largest absolute Gasteiger partial charge is 0.493 e.